The number of likely N-dealkylation sites (tertiary alicyclic amines) is 1. The van der Waals surface area contributed by atoms with Crippen LogP contribution in [0.4, 0.5) is 10.1 Å². The van der Waals surface area contributed by atoms with Gasteiger partial charge in [-0.25, -0.2) is 4.39 Å². The number of anilines is 1. The number of carbonyl (C=O) groups excluding carboxylic acids is 3. The highest BCUT2D eigenvalue weighted by atomic mass is 32.1. The third kappa shape index (κ3) is 5.59. The molecule has 0 saturated carbocycles. The van der Waals surface area contributed by atoms with Crippen molar-refractivity contribution in [3.63, 3.8) is 0 Å². The SMILES string of the molecule is CCCCNC(=O)[C@H]1CCCN(C(=O)c2nnc(C(=O)Nc3ccc(F)cc3)s2)C1. The zero-order valence-corrected chi connectivity index (χ0v) is 17.5. The van der Waals surface area contributed by atoms with Crippen LogP contribution in [0, 0.1) is 11.7 Å². The summed E-state index contributed by atoms with van der Waals surface area (Å²) in [6.07, 6.45) is 3.40. The maximum atomic E-state index is 13.0. The highest BCUT2D eigenvalue weighted by Crippen LogP contribution is 2.21. The maximum absolute atomic E-state index is 13.0. The molecule has 1 fully saturated rings. The summed E-state index contributed by atoms with van der Waals surface area (Å²) in [6.45, 7) is 3.56. The molecule has 1 aliphatic rings. The van der Waals surface area contributed by atoms with Gasteiger partial charge in [-0.15, -0.1) is 10.2 Å². The molecule has 160 valence electrons. The van der Waals surface area contributed by atoms with Gasteiger partial charge in [0.1, 0.15) is 5.82 Å². The lowest BCUT2D eigenvalue weighted by Gasteiger charge is -2.31. The van der Waals surface area contributed by atoms with Crippen molar-refractivity contribution in [3.8, 4) is 0 Å². The van der Waals surface area contributed by atoms with Gasteiger partial charge in [0.15, 0.2) is 0 Å². The van der Waals surface area contributed by atoms with Crippen molar-refractivity contribution >= 4 is 34.7 Å². The van der Waals surface area contributed by atoms with Crippen molar-refractivity contribution in [2.24, 2.45) is 5.92 Å². The Morgan fingerprint density at radius 1 is 1.20 bits per heavy atom. The van der Waals surface area contributed by atoms with Crippen LogP contribution in [0.25, 0.3) is 0 Å². The van der Waals surface area contributed by atoms with Crippen LogP contribution in [-0.4, -0.2) is 52.5 Å². The molecule has 0 aliphatic carbocycles. The molecule has 0 radical (unpaired) electrons. The Labute approximate surface area is 177 Å². The van der Waals surface area contributed by atoms with Crippen molar-refractivity contribution < 1.29 is 18.8 Å². The van der Waals surface area contributed by atoms with Gasteiger partial charge in [-0.05, 0) is 43.5 Å². The fraction of sp³-hybridized carbons (Fsp3) is 0.450. The molecule has 30 heavy (non-hydrogen) atoms. The molecule has 0 spiro atoms. The Balaban J connectivity index is 1.59. The molecule has 2 heterocycles. The zero-order valence-electron chi connectivity index (χ0n) is 16.7. The normalized spacial score (nSPS) is 16.2. The number of rotatable bonds is 7. The fourth-order valence-corrected chi connectivity index (χ4v) is 3.87. The lowest BCUT2D eigenvalue weighted by Crippen LogP contribution is -2.45. The predicted octanol–water partition coefficient (Wildman–Crippen LogP) is 2.70. The summed E-state index contributed by atoms with van der Waals surface area (Å²) in [5, 5.41) is 13.3. The third-order valence-electron chi connectivity index (χ3n) is 4.81. The molecule has 1 atom stereocenters. The van der Waals surface area contributed by atoms with Gasteiger partial charge in [0.2, 0.25) is 15.9 Å². The van der Waals surface area contributed by atoms with E-state index in [2.05, 4.69) is 27.8 Å². The van der Waals surface area contributed by atoms with Gasteiger partial charge in [0.05, 0.1) is 5.92 Å². The predicted molar refractivity (Wildman–Crippen MR) is 111 cm³/mol. The number of carbonyl (C=O) groups is 3. The molecule has 2 aromatic rings. The van der Waals surface area contributed by atoms with E-state index in [0.717, 1.165) is 37.0 Å². The first-order chi connectivity index (χ1) is 14.5. The number of aromatic nitrogens is 2. The van der Waals surface area contributed by atoms with Gasteiger partial charge in [-0.2, -0.15) is 0 Å². The largest absolute Gasteiger partial charge is 0.356 e. The fourth-order valence-electron chi connectivity index (χ4n) is 3.16. The number of hydrogen-bond acceptors (Lipinski definition) is 6. The average Bonchev–Trinajstić information content (AvgIpc) is 3.25. The van der Waals surface area contributed by atoms with Gasteiger partial charge in [0.25, 0.3) is 11.8 Å². The van der Waals surface area contributed by atoms with E-state index in [0.29, 0.717) is 25.3 Å². The van der Waals surface area contributed by atoms with E-state index >= 15 is 0 Å². The summed E-state index contributed by atoms with van der Waals surface area (Å²) in [5.74, 6) is -1.54. The van der Waals surface area contributed by atoms with Gasteiger partial charge >= 0.3 is 0 Å². The minimum absolute atomic E-state index is 0.0300. The van der Waals surface area contributed by atoms with Crippen LogP contribution in [0.15, 0.2) is 24.3 Å². The number of piperidine rings is 1. The Morgan fingerprint density at radius 2 is 1.93 bits per heavy atom. The molecule has 0 unspecified atom stereocenters. The van der Waals surface area contributed by atoms with E-state index < -0.39 is 11.7 Å². The van der Waals surface area contributed by atoms with Crippen LogP contribution in [0.3, 0.4) is 0 Å². The first-order valence-corrected chi connectivity index (χ1v) is 10.8. The van der Waals surface area contributed by atoms with Crippen LogP contribution < -0.4 is 10.6 Å². The molecular weight excluding hydrogens is 409 g/mol. The number of unbranched alkanes of at least 4 members (excludes halogenated alkanes) is 1. The number of nitrogens with one attached hydrogen (secondary N) is 2. The van der Waals surface area contributed by atoms with Crippen molar-refractivity contribution in [2.75, 3.05) is 25.0 Å². The molecule has 3 amide bonds. The smallest absolute Gasteiger partial charge is 0.286 e. The molecule has 8 nitrogen and oxygen atoms in total. The zero-order chi connectivity index (χ0) is 21.5. The molecule has 1 saturated heterocycles. The monoisotopic (exact) mass is 433 g/mol. The lowest BCUT2D eigenvalue weighted by atomic mass is 9.97. The van der Waals surface area contributed by atoms with Crippen molar-refractivity contribution in [3.05, 3.63) is 40.1 Å². The van der Waals surface area contributed by atoms with Crippen LogP contribution >= 0.6 is 11.3 Å². The Morgan fingerprint density at radius 3 is 2.67 bits per heavy atom. The minimum atomic E-state index is -0.523. The first-order valence-electron chi connectivity index (χ1n) is 9.95. The first kappa shape index (κ1) is 21.8. The van der Waals surface area contributed by atoms with Crippen LogP contribution in [0.2, 0.25) is 0 Å². The number of nitrogens with zero attached hydrogens (tertiary/aromatic N) is 3. The van der Waals surface area contributed by atoms with Crippen LogP contribution in [0.1, 0.15) is 52.2 Å². The van der Waals surface area contributed by atoms with E-state index in [-0.39, 0.29) is 27.7 Å². The molecule has 0 bridgehead atoms. The molecule has 1 aromatic heterocycles. The second-order valence-corrected chi connectivity index (χ2v) is 8.09. The number of benzene rings is 1. The molecular formula is C20H24FN5O3S. The third-order valence-corrected chi connectivity index (χ3v) is 5.72. The van der Waals surface area contributed by atoms with Crippen molar-refractivity contribution in [2.45, 2.75) is 32.6 Å². The Kier molecular flexibility index (Phi) is 7.45. The Hall–Kier alpha value is -2.88. The molecule has 1 aliphatic heterocycles. The second-order valence-electron chi connectivity index (χ2n) is 7.11. The quantitative estimate of drug-likeness (QED) is 0.654. The number of hydrogen-bond donors (Lipinski definition) is 2. The van der Waals surface area contributed by atoms with Crippen molar-refractivity contribution in [1.82, 2.24) is 20.4 Å². The Bertz CT molecular complexity index is 902. The van der Waals surface area contributed by atoms with Gasteiger partial charge in [-0.3, -0.25) is 14.4 Å². The van der Waals surface area contributed by atoms with Crippen LogP contribution in [0.5, 0.6) is 0 Å². The summed E-state index contributed by atoms with van der Waals surface area (Å²) >= 11 is 0.892. The standard InChI is InChI=1S/C20H24FN5O3S/c1-2-3-10-22-16(27)13-5-4-11-26(12-13)20(29)19-25-24-18(30-19)17(28)23-15-8-6-14(21)7-9-15/h6-9,13H,2-5,10-12H2,1H3,(H,22,27)(H,23,28)/t13-/m0/s1. The highest BCUT2D eigenvalue weighted by molar-refractivity contribution is 7.15. The van der Waals surface area contributed by atoms with E-state index in [1.165, 1.54) is 24.3 Å². The van der Waals surface area contributed by atoms with E-state index in [1.807, 2.05) is 0 Å². The summed E-state index contributed by atoms with van der Waals surface area (Å²) in [6, 6.07) is 5.32. The van der Waals surface area contributed by atoms with Gasteiger partial charge in [-0.1, -0.05) is 24.7 Å². The lowest BCUT2D eigenvalue weighted by molar-refractivity contribution is -0.126. The summed E-state index contributed by atoms with van der Waals surface area (Å²) in [7, 11) is 0. The summed E-state index contributed by atoms with van der Waals surface area (Å²) in [4.78, 5) is 39.0. The topological polar surface area (TPSA) is 104 Å². The minimum Gasteiger partial charge on any atom is -0.356 e. The van der Waals surface area contributed by atoms with Gasteiger partial charge < -0.3 is 15.5 Å². The van der Waals surface area contributed by atoms with E-state index in [1.54, 1.807) is 4.90 Å². The van der Waals surface area contributed by atoms with E-state index in [4.69, 9.17) is 0 Å². The van der Waals surface area contributed by atoms with Crippen LogP contribution in [-0.2, 0) is 4.79 Å². The number of amides is 3. The van der Waals surface area contributed by atoms with E-state index in [9.17, 15) is 18.8 Å². The van der Waals surface area contributed by atoms with Gasteiger partial charge in [0, 0.05) is 25.3 Å². The molecule has 3 rings (SSSR count). The molecule has 10 heteroatoms. The summed E-state index contributed by atoms with van der Waals surface area (Å²) in [5.41, 5.74) is 0.414. The average molecular weight is 434 g/mol. The van der Waals surface area contributed by atoms with Crippen molar-refractivity contribution in [1.29, 1.82) is 0 Å². The number of halogens is 1. The molecule has 2 N–H and O–H groups in total. The second kappa shape index (κ2) is 10.2. The maximum Gasteiger partial charge on any atom is 0.286 e. The molecule has 1 aromatic carbocycles. The highest BCUT2D eigenvalue weighted by Gasteiger charge is 2.30. The summed E-state index contributed by atoms with van der Waals surface area (Å²) < 4.78 is 13.0.